The average molecular weight is 691 g/mol. The number of amides is 5. The van der Waals surface area contributed by atoms with Crippen LogP contribution in [-0.2, 0) is 51.2 Å². The molecule has 0 bridgehead atoms. The second-order valence-corrected chi connectivity index (χ2v) is 10.6. The molecule has 0 radical (unpaired) electrons. The van der Waals surface area contributed by atoms with Crippen LogP contribution < -0.4 is 32.3 Å². The first-order valence-corrected chi connectivity index (χ1v) is 14.7. The number of hydrogen-bond donors (Lipinski definition) is 11. The van der Waals surface area contributed by atoms with Crippen LogP contribution in [0.15, 0.2) is 42.9 Å². The Morgan fingerprint density at radius 2 is 1.39 bits per heavy atom. The molecule has 12 N–H and O–H groups in total. The van der Waals surface area contributed by atoms with Crippen molar-refractivity contribution in [3.63, 3.8) is 0 Å². The molecule has 0 aliphatic heterocycles. The molecule has 1 aromatic heterocycles. The van der Waals surface area contributed by atoms with Gasteiger partial charge in [0.15, 0.2) is 0 Å². The summed E-state index contributed by atoms with van der Waals surface area (Å²) in [5, 5.41) is 48.4. The van der Waals surface area contributed by atoms with Crippen molar-refractivity contribution in [2.75, 3.05) is 13.2 Å². The van der Waals surface area contributed by atoms with Crippen LogP contribution in [-0.4, -0.2) is 121 Å². The third kappa shape index (κ3) is 14.2. The summed E-state index contributed by atoms with van der Waals surface area (Å²) in [5.74, 6) is -9.20. The van der Waals surface area contributed by atoms with E-state index in [0.29, 0.717) is 11.3 Å². The van der Waals surface area contributed by atoms with Gasteiger partial charge in [-0.25, -0.2) is 9.78 Å². The maximum Gasteiger partial charge on any atom is 0.326 e. The zero-order chi connectivity index (χ0) is 36.5. The number of carboxylic acid groups (broad SMARTS) is 3. The highest BCUT2D eigenvalue weighted by molar-refractivity contribution is 5.97. The molecule has 0 saturated heterocycles. The number of nitrogens with zero attached hydrogens (tertiary/aromatic N) is 1. The highest BCUT2D eigenvalue weighted by Gasteiger charge is 2.32. The van der Waals surface area contributed by atoms with Gasteiger partial charge in [-0.2, -0.15) is 0 Å². The Balaban J connectivity index is 2.14. The molecule has 0 saturated carbocycles. The van der Waals surface area contributed by atoms with Crippen LogP contribution in [0.3, 0.4) is 0 Å². The number of aromatic amines is 1. The van der Waals surface area contributed by atoms with E-state index in [4.69, 9.17) is 10.8 Å². The molecule has 0 aliphatic carbocycles. The number of aliphatic carboxylic acids is 3. The van der Waals surface area contributed by atoms with E-state index in [9.17, 15) is 53.7 Å². The number of nitrogens with one attached hydrogen (secondary N) is 6. The second kappa shape index (κ2) is 19.7. The minimum atomic E-state index is -1.77. The Labute approximate surface area is 278 Å². The number of nitrogens with two attached hydrogens (primary N) is 1. The van der Waals surface area contributed by atoms with Crippen molar-refractivity contribution in [2.24, 2.45) is 5.73 Å². The van der Waals surface area contributed by atoms with Gasteiger partial charge in [0.25, 0.3) is 0 Å². The van der Waals surface area contributed by atoms with Gasteiger partial charge in [-0.05, 0) is 12.0 Å². The number of rotatable bonds is 21. The number of carbonyl (C=O) groups is 8. The van der Waals surface area contributed by atoms with Crippen molar-refractivity contribution in [1.29, 1.82) is 0 Å². The van der Waals surface area contributed by atoms with Gasteiger partial charge in [0.05, 0.1) is 31.9 Å². The number of benzene rings is 1. The van der Waals surface area contributed by atoms with Crippen molar-refractivity contribution in [3.05, 3.63) is 54.1 Å². The summed E-state index contributed by atoms with van der Waals surface area (Å²) in [6.07, 6.45) is 0.673. The first-order valence-electron chi connectivity index (χ1n) is 14.7. The van der Waals surface area contributed by atoms with Crippen LogP contribution in [0.2, 0.25) is 0 Å². The highest BCUT2D eigenvalue weighted by Crippen LogP contribution is 2.06. The van der Waals surface area contributed by atoms with E-state index in [2.05, 4.69) is 36.6 Å². The molecular formula is C29H38N8O12. The van der Waals surface area contributed by atoms with E-state index in [0.717, 1.165) is 0 Å². The van der Waals surface area contributed by atoms with Gasteiger partial charge in [-0.15, -0.1) is 0 Å². The summed E-state index contributed by atoms with van der Waals surface area (Å²) in [5.41, 5.74) is 6.58. The monoisotopic (exact) mass is 690 g/mol. The molecule has 49 heavy (non-hydrogen) atoms. The molecule has 266 valence electrons. The van der Waals surface area contributed by atoms with Crippen LogP contribution in [0.4, 0.5) is 0 Å². The van der Waals surface area contributed by atoms with E-state index in [1.165, 1.54) is 12.5 Å². The minimum Gasteiger partial charge on any atom is -0.481 e. The van der Waals surface area contributed by atoms with Crippen molar-refractivity contribution in [3.8, 4) is 0 Å². The number of carbonyl (C=O) groups excluding carboxylic acids is 5. The number of imidazole rings is 1. The van der Waals surface area contributed by atoms with Gasteiger partial charge >= 0.3 is 17.9 Å². The smallest absolute Gasteiger partial charge is 0.326 e. The third-order valence-electron chi connectivity index (χ3n) is 6.78. The van der Waals surface area contributed by atoms with Gasteiger partial charge < -0.3 is 57.7 Å². The topological polar surface area (TPSA) is 332 Å². The highest BCUT2D eigenvalue weighted by atomic mass is 16.4. The minimum absolute atomic E-state index is 0.153. The Morgan fingerprint density at radius 1 is 0.755 bits per heavy atom. The zero-order valence-electron chi connectivity index (χ0n) is 26.0. The van der Waals surface area contributed by atoms with Gasteiger partial charge in [0.2, 0.25) is 29.5 Å². The predicted molar refractivity (Wildman–Crippen MR) is 165 cm³/mol. The fourth-order valence-electron chi connectivity index (χ4n) is 4.22. The van der Waals surface area contributed by atoms with Gasteiger partial charge in [-0.1, -0.05) is 30.3 Å². The van der Waals surface area contributed by atoms with Crippen LogP contribution >= 0.6 is 0 Å². The number of aliphatic hydroxyl groups excluding tert-OH is 1. The largest absolute Gasteiger partial charge is 0.481 e. The standard InChI is InChI=1S/C29H38N8O12/c30-17(6-7-23(40)41)25(44)37-21(13-38)28(47)35-18(8-15-4-2-1-3-5-15)27(46)36-19(10-24(42)43)26(45)32-12-22(39)34-20(29(48)49)9-16-11-31-14-33-16/h1-5,11,14,17-21,38H,6-10,12-13,30H2,(H,31,33)(H,32,45)(H,34,39)(H,35,47)(H,36,46)(H,37,44)(H,40,41)(H,42,43)(H,48,49)/t17-,18-,19-,20-,21-/m0/s1. The first kappa shape index (κ1) is 39.3. The lowest BCUT2D eigenvalue weighted by molar-refractivity contribution is -0.142. The lowest BCUT2D eigenvalue weighted by atomic mass is 10.0. The molecule has 2 aromatic rings. The molecule has 1 aromatic carbocycles. The molecule has 20 nitrogen and oxygen atoms in total. The van der Waals surface area contributed by atoms with Crippen LogP contribution in [0.5, 0.6) is 0 Å². The Morgan fingerprint density at radius 3 is 1.96 bits per heavy atom. The van der Waals surface area contributed by atoms with Crippen molar-refractivity contribution >= 4 is 47.4 Å². The van der Waals surface area contributed by atoms with Gasteiger partial charge in [0.1, 0.15) is 24.2 Å². The molecule has 0 fully saturated rings. The van der Waals surface area contributed by atoms with E-state index in [1.54, 1.807) is 30.3 Å². The Hall–Kier alpha value is -5.89. The van der Waals surface area contributed by atoms with E-state index in [1.807, 2.05) is 0 Å². The van der Waals surface area contributed by atoms with Crippen LogP contribution in [0.1, 0.15) is 30.5 Å². The molecule has 2 rings (SSSR count). The van der Waals surface area contributed by atoms with Crippen molar-refractivity contribution in [2.45, 2.75) is 62.3 Å². The number of carboxylic acids is 3. The molecule has 1 heterocycles. The molecule has 0 aliphatic rings. The molecular weight excluding hydrogens is 652 g/mol. The zero-order valence-corrected chi connectivity index (χ0v) is 26.0. The van der Waals surface area contributed by atoms with E-state index >= 15 is 0 Å². The summed E-state index contributed by atoms with van der Waals surface area (Å²) in [4.78, 5) is 105. The van der Waals surface area contributed by atoms with Gasteiger partial charge in [-0.3, -0.25) is 33.6 Å². The lowest BCUT2D eigenvalue weighted by Crippen LogP contribution is -2.59. The third-order valence-corrected chi connectivity index (χ3v) is 6.78. The molecule has 5 atom stereocenters. The summed E-state index contributed by atoms with van der Waals surface area (Å²) < 4.78 is 0. The molecule has 5 amide bonds. The van der Waals surface area contributed by atoms with Crippen molar-refractivity contribution < 1.29 is 58.8 Å². The lowest BCUT2D eigenvalue weighted by Gasteiger charge is -2.25. The van der Waals surface area contributed by atoms with Crippen LogP contribution in [0.25, 0.3) is 0 Å². The van der Waals surface area contributed by atoms with Crippen molar-refractivity contribution in [1.82, 2.24) is 36.6 Å². The number of H-pyrrole nitrogens is 1. The number of aromatic nitrogens is 2. The summed E-state index contributed by atoms with van der Waals surface area (Å²) in [7, 11) is 0. The quantitative estimate of drug-likeness (QED) is 0.0595. The molecule has 0 spiro atoms. The van der Waals surface area contributed by atoms with E-state index in [-0.39, 0.29) is 19.3 Å². The summed E-state index contributed by atoms with van der Waals surface area (Å²) in [6, 6.07) is 0.553. The Kier molecular flexibility index (Phi) is 15.8. The predicted octanol–water partition coefficient (Wildman–Crippen LogP) is -4.01. The Bertz CT molecular complexity index is 1470. The number of aliphatic hydroxyl groups is 1. The fourth-order valence-corrected chi connectivity index (χ4v) is 4.22. The summed E-state index contributed by atoms with van der Waals surface area (Å²) in [6.45, 7) is -1.73. The maximum atomic E-state index is 13.4. The fraction of sp³-hybridized carbons (Fsp3) is 0.414. The molecule has 0 unspecified atom stereocenters. The second-order valence-electron chi connectivity index (χ2n) is 10.6. The summed E-state index contributed by atoms with van der Waals surface area (Å²) >= 11 is 0. The first-order chi connectivity index (χ1) is 23.2. The van der Waals surface area contributed by atoms with E-state index < -0.39 is 104 Å². The number of hydrogen-bond acceptors (Lipinski definition) is 11. The maximum absolute atomic E-state index is 13.4. The molecule has 20 heteroatoms. The van der Waals surface area contributed by atoms with Crippen LogP contribution in [0, 0.1) is 0 Å². The normalized spacial score (nSPS) is 13.8. The average Bonchev–Trinajstić information content (AvgIpc) is 3.57. The SMILES string of the molecule is N[C@@H](CCC(=O)O)C(=O)N[C@@H](CO)C(=O)N[C@@H](Cc1ccccc1)C(=O)N[C@@H](CC(=O)O)C(=O)NCC(=O)N[C@@H](Cc1cnc[nH]1)C(=O)O. The van der Waals surface area contributed by atoms with Gasteiger partial charge in [0, 0.05) is 31.2 Å².